The Bertz CT molecular complexity index is 649. The van der Waals surface area contributed by atoms with Gasteiger partial charge in [-0.1, -0.05) is 0 Å². The molecule has 1 aromatic carbocycles. The number of nitrogen functional groups attached to an aromatic ring is 1. The van der Waals surface area contributed by atoms with Gasteiger partial charge in [0.25, 0.3) is 0 Å². The van der Waals surface area contributed by atoms with E-state index in [0.717, 1.165) is 0 Å². The van der Waals surface area contributed by atoms with Crippen molar-refractivity contribution in [2.45, 2.75) is 0 Å². The molecular weight excluding hydrogens is 317 g/mol. The molecule has 2 aromatic rings. The van der Waals surface area contributed by atoms with Crippen LogP contribution in [0.1, 0.15) is 10.4 Å². The first kappa shape index (κ1) is 13.3. The zero-order valence-corrected chi connectivity index (χ0v) is 11.1. The molecule has 7 heteroatoms. The van der Waals surface area contributed by atoms with Gasteiger partial charge in [-0.05, 0) is 40.2 Å². The molecule has 0 radical (unpaired) electrons. The van der Waals surface area contributed by atoms with Crippen molar-refractivity contribution < 1.29 is 14.3 Å². The maximum absolute atomic E-state index is 13.3. The van der Waals surface area contributed by atoms with Crippen LogP contribution in [0.2, 0.25) is 0 Å². The highest BCUT2D eigenvalue weighted by molar-refractivity contribution is 9.10. The van der Waals surface area contributed by atoms with Crippen LogP contribution in [0.15, 0.2) is 34.9 Å². The fourth-order valence-electron chi connectivity index (χ4n) is 1.44. The molecule has 0 unspecified atom stereocenters. The van der Waals surface area contributed by atoms with Gasteiger partial charge in [0.1, 0.15) is 11.6 Å². The molecule has 0 amide bonds. The predicted molar refractivity (Wildman–Crippen MR) is 73.0 cm³/mol. The minimum Gasteiger partial charge on any atom is -0.478 e. The number of halogens is 2. The smallest absolute Gasteiger partial charge is 0.337 e. The van der Waals surface area contributed by atoms with Crippen molar-refractivity contribution >= 4 is 39.1 Å². The number of pyridine rings is 1. The fraction of sp³-hybridized carbons (Fsp3) is 0. The van der Waals surface area contributed by atoms with Crippen molar-refractivity contribution in [2.24, 2.45) is 0 Å². The maximum atomic E-state index is 13.3. The number of carboxylic acid groups (broad SMARTS) is 1. The van der Waals surface area contributed by atoms with Crippen LogP contribution < -0.4 is 11.1 Å². The maximum Gasteiger partial charge on any atom is 0.337 e. The highest BCUT2D eigenvalue weighted by atomic mass is 79.9. The van der Waals surface area contributed by atoms with Gasteiger partial charge in [0.15, 0.2) is 0 Å². The lowest BCUT2D eigenvalue weighted by atomic mass is 10.2. The van der Waals surface area contributed by atoms with E-state index in [1.807, 2.05) is 0 Å². The van der Waals surface area contributed by atoms with Gasteiger partial charge in [-0.2, -0.15) is 0 Å². The summed E-state index contributed by atoms with van der Waals surface area (Å²) < 4.78 is 13.7. The molecule has 0 saturated heterocycles. The lowest BCUT2D eigenvalue weighted by Crippen LogP contribution is -2.05. The largest absolute Gasteiger partial charge is 0.478 e. The van der Waals surface area contributed by atoms with Crippen LogP contribution in [0.3, 0.4) is 0 Å². The topological polar surface area (TPSA) is 88.2 Å². The summed E-state index contributed by atoms with van der Waals surface area (Å²) in [6.45, 7) is 0. The first-order valence-corrected chi connectivity index (χ1v) is 5.97. The third-order valence-electron chi connectivity index (χ3n) is 2.36. The fourth-order valence-corrected chi connectivity index (χ4v) is 1.69. The molecule has 0 bridgehead atoms. The summed E-state index contributed by atoms with van der Waals surface area (Å²) in [6.07, 6.45) is 1.24. The molecule has 0 aliphatic heterocycles. The van der Waals surface area contributed by atoms with E-state index >= 15 is 0 Å². The Balaban J connectivity index is 2.30. The molecule has 0 aliphatic carbocycles. The van der Waals surface area contributed by atoms with Crippen LogP contribution >= 0.6 is 15.9 Å². The number of nitrogens with one attached hydrogen (secondary N) is 1. The van der Waals surface area contributed by atoms with Gasteiger partial charge in [-0.3, -0.25) is 0 Å². The van der Waals surface area contributed by atoms with Crippen molar-refractivity contribution in [2.75, 3.05) is 11.1 Å². The van der Waals surface area contributed by atoms with Crippen molar-refractivity contribution in [3.63, 3.8) is 0 Å². The lowest BCUT2D eigenvalue weighted by Gasteiger charge is -2.08. The number of aromatic nitrogens is 1. The molecule has 5 nitrogen and oxygen atoms in total. The van der Waals surface area contributed by atoms with Gasteiger partial charge in [-0.25, -0.2) is 14.2 Å². The number of nitrogens with two attached hydrogens (primary N) is 1. The summed E-state index contributed by atoms with van der Waals surface area (Å²) in [5.74, 6) is -1.31. The van der Waals surface area contributed by atoms with Crippen molar-refractivity contribution in [3.8, 4) is 0 Å². The molecule has 0 aliphatic rings. The molecule has 1 aromatic heterocycles. The summed E-state index contributed by atoms with van der Waals surface area (Å²) in [5, 5.41) is 11.7. The Kier molecular flexibility index (Phi) is 3.66. The molecule has 0 fully saturated rings. The Morgan fingerprint density at radius 2 is 2.16 bits per heavy atom. The van der Waals surface area contributed by atoms with Gasteiger partial charge < -0.3 is 16.2 Å². The highest BCUT2D eigenvalue weighted by Crippen LogP contribution is 2.23. The van der Waals surface area contributed by atoms with E-state index in [1.54, 1.807) is 6.07 Å². The zero-order chi connectivity index (χ0) is 14.0. The van der Waals surface area contributed by atoms with E-state index in [0.29, 0.717) is 10.2 Å². The van der Waals surface area contributed by atoms with Crippen molar-refractivity contribution in [1.29, 1.82) is 0 Å². The van der Waals surface area contributed by atoms with Crippen LogP contribution in [0, 0.1) is 5.82 Å². The van der Waals surface area contributed by atoms with Crippen LogP contribution in [-0.4, -0.2) is 16.1 Å². The summed E-state index contributed by atoms with van der Waals surface area (Å²) in [6, 6.07) is 5.72. The van der Waals surface area contributed by atoms with E-state index in [2.05, 4.69) is 26.2 Å². The number of hydrogen-bond donors (Lipinski definition) is 3. The van der Waals surface area contributed by atoms with E-state index in [-0.39, 0.29) is 17.1 Å². The second-order valence-electron chi connectivity index (χ2n) is 3.72. The standard InChI is InChI=1S/C12H9BrFN3O2/c13-8-2-1-6(3-9(8)14)17-11-4-7(12(18)19)10(15)5-16-11/h1-5H,15H2,(H,16,17)(H,18,19). The molecule has 0 atom stereocenters. The Morgan fingerprint density at radius 3 is 2.79 bits per heavy atom. The van der Waals surface area contributed by atoms with Gasteiger partial charge in [0, 0.05) is 5.69 Å². The number of aromatic carboxylic acids is 1. The van der Waals surface area contributed by atoms with E-state index in [9.17, 15) is 9.18 Å². The number of hydrogen-bond acceptors (Lipinski definition) is 4. The molecule has 19 heavy (non-hydrogen) atoms. The second-order valence-corrected chi connectivity index (χ2v) is 4.57. The van der Waals surface area contributed by atoms with Gasteiger partial charge in [0.2, 0.25) is 0 Å². The summed E-state index contributed by atoms with van der Waals surface area (Å²) in [4.78, 5) is 14.9. The average Bonchev–Trinajstić information content (AvgIpc) is 2.36. The predicted octanol–water partition coefficient (Wildman–Crippen LogP) is 3.01. The first-order valence-electron chi connectivity index (χ1n) is 5.18. The zero-order valence-electron chi connectivity index (χ0n) is 9.52. The minimum atomic E-state index is -1.15. The van der Waals surface area contributed by atoms with E-state index < -0.39 is 11.8 Å². The van der Waals surface area contributed by atoms with Crippen LogP contribution in [0.4, 0.5) is 21.6 Å². The van der Waals surface area contributed by atoms with Crippen molar-refractivity contribution in [1.82, 2.24) is 4.98 Å². The van der Waals surface area contributed by atoms with Gasteiger partial charge in [-0.15, -0.1) is 0 Å². The molecule has 98 valence electrons. The number of anilines is 3. The van der Waals surface area contributed by atoms with Crippen LogP contribution in [0.25, 0.3) is 0 Å². The molecular formula is C12H9BrFN3O2. The number of rotatable bonds is 3. The number of benzene rings is 1. The highest BCUT2D eigenvalue weighted by Gasteiger charge is 2.10. The second kappa shape index (κ2) is 5.23. The Labute approximate surface area is 116 Å². The molecule has 2 rings (SSSR count). The Morgan fingerprint density at radius 1 is 1.42 bits per heavy atom. The molecule has 4 N–H and O–H groups in total. The third-order valence-corrected chi connectivity index (χ3v) is 3.00. The van der Waals surface area contributed by atoms with Crippen LogP contribution in [0.5, 0.6) is 0 Å². The van der Waals surface area contributed by atoms with Gasteiger partial charge in [0.05, 0.1) is 21.9 Å². The van der Waals surface area contributed by atoms with E-state index in [4.69, 9.17) is 10.8 Å². The third kappa shape index (κ3) is 3.00. The molecule has 0 spiro atoms. The first-order chi connectivity index (χ1) is 8.97. The molecule has 0 saturated carbocycles. The minimum absolute atomic E-state index is 0.0601. The quantitative estimate of drug-likeness (QED) is 0.807. The van der Waals surface area contributed by atoms with Crippen LogP contribution in [-0.2, 0) is 0 Å². The number of carbonyl (C=O) groups is 1. The lowest BCUT2D eigenvalue weighted by molar-refractivity contribution is 0.0698. The average molecular weight is 326 g/mol. The summed E-state index contributed by atoms with van der Waals surface area (Å²) in [7, 11) is 0. The Hall–Kier alpha value is -2.15. The van der Waals surface area contributed by atoms with Crippen molar-refractivity contribution in [3.05, 3.63) is 46.3 Å². The van der Waals surface area contributed by atoms with E-state index in [1.165, 1.54) is 24.4 Å². The molecule has 1 heterocycles. The SMILES string of the molecule is Nc1cnc(Nc2ccc(Br)c(F)c2)cc1C(=O)O. The monoisotopic (exact) mass is 325 g/mol. The summed E-state index contributed by atoms with van der Waals surface area (Å²) in [5.41, 5.74) is 5.95. The normalized spacial score (nSPS) is 10.2. The summed E-state index contributed by atoms with van der Waals surface area (Å²) >= 11 is 3.04. The number of carboxylic acids is 1. The number of nitrogens with zero attached hydrogens (tertiary/aromatic N) is 1. The van der Waals surface area contributed by atoms with Gasteiger partial charge >= 0.3 is 5.97 Å².